The van der Waals surface area contributed by atoms with Crippen molar-refractivity contribution in [1.29, 1.82) is 0 Å². The highest BCUT2D eigenvalue weighted by atomic mass is 16.5. The van der Waals surface area contributed by atoms with Crippen LogP contribution < -0.4 is 9.47 Å². The molecule has 4 nitrogen and oxygen atoms in total. The first-order valence-corrected chi connectivity index (χ1v) is 4.62. The van der Waals surface area contributed by atoms with Crippen molar-refractivity contribution < 1.29 is 19.3 Å². The number of ether oxygens (including phenoxy) is 3. The van der Waals surface area contributed by atoms with Crippen LogP contribution in [-0.4, -0.2) is 33.0 Å². The SMILES string of the molecule is COCC(O)c1cccc(OC)c1OC. The van der Waals surface area contributed by atoms with Crippen LogP contribution in [0.3, 0.4) is 0 Å². The molecule has 1 N–H and O–H groups in total. The molecule has 0 saturated carbocycles. The minimum Gasteiger partial charge on any atom is -0.493 e. The Balaban J connectivity index is 3.05. The van der Waals surface area contributed by atoms with E-state index in [0.717, 1.165) is 0 Å². The average Bonchev–Trinajstić information content (AvgIpc) is 2.28. The van der Waals surface area contributed by atoms with Crippen LogP contribution in [0.25, 0.3) is 0 Å². The molecule has 1 unspecified atom stereocenters. The summed E-state index contributed by atoms with van der Waals surface area (Å²) in [5.41, 5.74) is 0.665. The van der Waals surface area contributed by atoms with Gasteiger partial charge in [0.05, 0.1) is 20.8 Å². The third-order valence-electron chi connectivity index (χ3n) is 2.12. The molecule has 1 atom stereocenters. The van der Waals surface area contributed by atoms with Crippen molar-refractivity contribution in [1.82, 2.24) is 0 Å². The highest BCUT2D eigenvalue weighted by Gasteiger charge is 2.16. The quantitative estimate of drug-likeness (QED) is 0.801. The van der Waals surface area contributed by atoms with Crippen molar-refractivity contribution in [3.63, 3.8) is 0 Å². The third-order valence-corrected chi connectivity index (χ3v) is 2.12. The summed E-state index contributed by atoms with van der Waals surface area (Å²) in [6, 6.07) is 5.36. The van der Waals surface area contributed by atoms with E-state index in [9.17, 15) is 5.11 Å². The molecule has 84 valence electrons. The molecule has 0 fully saturated rings. The fourth-order valence-corrected chi connectivity index (χ4v) is 1.42. The summed E-state index contributed by atoms with van der Waals surface area (Å²) >= 11 is 0. The van der Waals surface area contributed by atoms with Crippen LogP contribution in [0.4, 0.5) is 0 Å². The third kappa shape index (κ3) is 2.61. The molecular weight excluding hydrogens is 196 g/mol. The minimum absolute atomic E-state index is 0.226. The van der Waals surface area contributed by atoms with Gasteiger partial charge in [-0.3, -0.25) is 0 Å². The van der Waals surface area contributed by atoms with Gasteiger partial charge in [0.2, 0.25) is 0 Å². The molecule has 15 heavy (non-hydrogen) atoms. The Morgan fingerprint density at radius 3 is 2.47 bits per heavy atom. The van der Waals surface area contributed by atoms with Crippen LogP contribution in [-0.2, 0) is 4.74 Å². The van der Waals surface area contributed by atoms with Crippen LogP contribution in [0.1, 0.15) is 11.7 Å². The van der Waals surface area contributed by atoms with Gasteiger partial charge in [-0.1, -0.05) is 12.1 Å². The summed E-state index contributed by atoms with van der Waals surface area (Å²) in [7, 11) is 4.64. The zero-order valence-electron chi connectivity index (χ0n) is 9.19. The summed E-state index contributed by atoms with van der Waals surface area (Å²) in [5.74, 6) is 1.15. The molecule has 0 radical (unpaired) electrons. The van der Waals surface area contributed by atoms with Crippen LogP contribution >= 0.6 is 0 Å². The van der Waals surface area contributed by atoms with Gasteiger partial charge in [0.1, 0.15) is 6.10 Å². The summed E-state index contributed by atoms with van der Waals surface area (Å²) in [6.45, 7) is 0.226. The van der Waals surface area contributed by atoms with E-state index in [1.807, 2.05) is 0 Å². The lowest BCUT2D eigenvalue weighted by molar-refractivity contribution is 0.0625. The topological polar surface area (TPSA) is 47.9 Å². The van der Waals surface area contributed by atoms with E-state index < -0.39 is 6.10 Å². The molecule has 0 heterocycles. The van der Waals surface area contributed by atoms with E-state index in [1.54, 1.807) is 32.4 Å². The van der Waals surface area contributed by atoms with Crippen molar-refractivity contribution in [2.45, 2.75) is 6.10 Å². The lowest BCUT2D eigenvalue weighted by Gasteiger charge is -2.16. The molecule has 0 bridgehead atoms. The van der Waals surface area contributed by atoms with Gasteiger partial charge in [0.25, 0.3) is 0 Å². The molecule has 0 aromatic heterocycles. The first kappa shape index (κ1) is 11.8. The van der Waals surface area contributed by atoms with Crippen LogP contribution in [0.2, 0.25) is 0 Å². The molecule has 0 aliphatic heterocycles. The molecule has 0 amide bonds. The van der Waals surface area contributed by atoms with E-state index in [-0.39, 0.29) is 6.61 Å². The van der Waals surface area contributed by atoms with Gasteiger partial charge in [-0.25, -0.2) is 0 Å². The molecule has 0 aliphatic carbocycles. The second kappa shape index (κ2) is 5.58. The van der Waals surface area contributed by atoms with Crippen molar-refractivity contribution in [2.24, 2.45) is 0 Å². The van der Waals surface area contributed by atoms with E-state index in [2.05, 4.69) is 0 Å². The predicted molar refractivity (Wildman–Crippen MR) is 56.4 cm³/mol. The molecule has 0 aliphatic rings. The summed E-state index contributed by atoms with van der Waals surface area (Å²) in [5, 5.41) is 9.79. The highest BCUT2D eigenvalue weighted by molar-refractivity contribution is 5.47. The number of aliphatic hydroxyl groups excluding tert-OH is 1. The Kier molecular flexibility index (Phi) is 4.39. The standard InChI is InChI=1S/C11H16O4/c1-13-7-9(12)8-5-4-6-10(14-2)11(8)15-3/h4-6,9,12H,7H2,1-3H3. The Morgan fingerprint density at radius 1 is 1.20 bits per heavy atom. The number of hydrogen-bond donors (Lipinski definition) is 1. The monoisotopic (exact) mass is 212 g/mol. The van der Waals surface area contributed by atoms with Crippen LogP contribution in [0.15, 0.2) is 18.2 Å². The molecule has 1 aromatic rings. The first-order chi connectivity index (χ1) is 7.24. The molecular formula is C11H16O4. The van der Waals surface area contributed by atoms with E-state index in [1.165, 1.54) is 7.11 Å². The highest BCUT2D eigenvalue weighted by Crippen LogP contribution is 2.34. The molecule has 1 rings (SSSR count). The minimum atomic E-state index is -0.708. The lowest BCUT2D eigenvalue weighted by Crippen LogP contribution is -2.07. The molecule has 4 heteroatoms. The maximum absolute atomic E-state index is 9.79. The Hall–Kier alpha value is -1.26. The maximum atomic E-state index is 9.79. The van der Waals surface area contributed by atoms with Crippen molar-refractivity contribution >= 4 is 0 Å². The normalized spacial score (nSPS) is 12.3. The molecule has 1 aromatic carbocycles. The van der Waals surface area contributed by atoms with Crippen molar-refractivity contribution in [2.75, 3.05) is 27.9 Å². The van der Waals surface area contributed by atoms with E-state index in [0.29, 0.717) is 17.1 Å². The zero-order valence-corrected chi connectivity index (χ0v) is 9.19. The number of benzene rings is 1. The van der Waals surface area contributed by atoms with Crippen LogP contribution in [0, 0.1) is 0 Å². The van der Waals surface area contributed by atoms with Gasteiger partial charge in [-0.05, 0) is 6.07 Å². The molecule has 0 saturated heterocycles. The van der Waals surface area contributed by atoms with E-state index in [4.69, 9.17) is 14.2 Å². The summed E-state index contributed by atoms with van der Waals surface area (Å²) in [6.07, 6.45) is -0.708. The number of para-hydroxylation sites is 1. The van der Waals surface area contributed by atoms with Gasteiger partial charge in [0.15, 0.2) is 11.5 Å². The van der Waals surface area contributed by atoms with Gasteiger partial charge in [0, 0.05) is 12.7 Å². The fourth-order valence-electron chi connectivity index (χ4n) is 1.42. The predicted octanol–water partition coefficient (Wildman–Crippen LogP) is 1.38. The smallest absolute Gasteiger partial charge is 0.166 e. The Labute approximate surface area is 89.4 Å². The second-order valence-electron chi connectivity index (χ2n) is 3.05. The second-order valence-corrected chi connectivity index (χ2v) is 3.05. The van der Waals surface area contributed by atoms with Crippen molar-refractivity contribution in [3.05, 3.63) is 23.8 Å². The fraction of sp³-hybridized carbons (Fsp3) is 0.455. The summed E-state index contributed by atoms with van der Waals surface area (Å²) < 4.78 is 15.2. The average molecular weight is 212 g/mol. The number of hydrogen-bond acceptors (Lipinski definition) is 4. The van der Waals surface area contributed by atoms with Crippen molar-refractivity contribution in [3.8, 4) is 11.5 Å². The first-order valence-electron chi connectivity index (χ1n) is 4.62. The zero-order chi connectivity index (χ0) is 11.3. The van der Waals surface area contributed by atoms with E-state index >= 15 is 0 Å². The Bertz CT molecular complexity index is 311. The van der Waals surface area contributed by atoms with Gasteiger partial charge >= 0.3 is 0 Å². The van der Waals surface area contributed by atoms with Gasteiger partial charge in [-0.15, -0.1) is 0 Å². The lowest BCUT2D eigenvalue weighted by atomic mass is 10.1. The molecule has 0 spiro atoms. The number of rotatable bonds is 5. The number of methoxy groups -OCH3 is 3. The van der Waals surface area contributed by atoms with Gasteiger partial charge < -0.3 is 19.3 Å². The summed E-state index contributed by atoms with van der Waals surface area (Å²) in [4.78, 5) is 0. The largest absolute Gasteiger partial charge is 0.493 e. The van der Waals surface area contributed by atoms with Gasteiger partial charge in [-0.2, -0.15) is 0 Å². The Morgan fingerprint density at radius 2 is 1.93 bits per heavy atom. The number of aliphatic hydroxyl groups is 1. The van der Waals surface area contributed by atoms with Crippen LogP contribution in [0.5, 0.6) is 11.5 Å². The maximum Gasteiger partial charge on any atom is 0.166 e.